The standard InChI is InChI=1S/C21H32N4O3/c1-3-22-21(23-13-15-12-18(28-2)9-10-19(15)26)25-17-6-4-5-14(11-17)20(27)24-16-7-8-16/h9-10,12,14,16-17,26H,3-8,11,13H2,1-2H3,(H,24,27)(H2,22,23,25). The van der Waals surface area contributed by atoms with Crippen molar-refractivity contribution in [1.82, 2.24) is 16.0 Å². The molecular weight excluding hydrogens is 356 g/mol. The van der Waals surface area contributed by atoms with Crippen molar-refractivity contribution < 1.29 is 14.6 Å². The second-order valence-electron chi connectivity index (χ2n) is 7.68. The first-order chi connectivity index (χ1) is 13.6. The molecular formula is C21H32N4O3. The van der Waals surface area contributed by atoms with Crippen molar-refractivity contribution in [2.75, 3.05) is 13.7 Å². The predicted molar refractivity (Wildman–Crippen MR) is 110 cm³/mol. The molecule has 7 heteroatoms. The molecule has 3 rings (SSSR count). The first-order valence-electron chi connectivity index (χ1n) is 10.3. The minimum Gasteiger partial charge on any atom is -0.508 e. The number of hydrogen-bond donors (Lipinski definition) is 4. The monoisotopic (exact) mass is 388 g/mol. The molecule has 1 aromatic rings. The fraction of sp³-hybridized carbons (Fsp3) is 0.619. The molecule has 1 aromatic carbocycles. The molecule has 2 saturated carbocycles. The number of phenols is 1. The number of rotatable bonds is 7. The summed E-state index contributed by atoms with van der Waals surface area (Å²) in [5.41, 5.74) is 0.710. The molecule has 2 fully saturated rings. The van der Waals surface area contributed by atoms with Crippen molar-refractivity contribution in [2.45, 2.75) is 64.1 Å². The summed E-state index contributed by atoms with van der Waals surface area (Å²) in [5, 5.41) is 19.9. The highest BCUT2D eigenvalue weighted by Gasteiger charge is 2.31. The number of phenolic OH excluding ortho intramolecular Hbond substituents is 1. The Balaban J connectivity index is 1.60. The average molecular weight is 389 g/mol. The van der Waals surface area contributed by atoms with Crippen molar-refractivity contribution in [1.29, 1.82) is 0 Å². The highest BCUT2D eigenvalue weighted by molar-refractivity contribution is 5.81. The van der Waals surface area contributed by atoms with E-state index in [9.17, 15) is 9.90 Å². The third-order valence-electron chi connectivity index (χ3n) is 5.35. The van der Waals surface area contributed by atoms with Gasteiger partial charge in [-0.2, -0.15) is 0 Å². The van der Waals surface area contributed by atoms with E-state index < -0.39 is 0 Å². The maximum absolute atomic E-state index is 12.4. The van der Waals surface area contributed by atoms with E-state index in [1.807, 2.05) is 6.92 Å². The molecule has 0 aromatic heterocycles. The summed E-state index contributed by atoms with van der Waals surface area (Å²) in [6.07, 6.45) is 6.09. The Bertz CT molecular complexity index is 703. The second kappa shape index (κ2) is 9.66. The van der Waals surface area contributed by atoms with E-state index >= 15 is 0 Å². The zero-order valence-electron chi connectivity index (χ0n) is 16.8. The first-order valence-corrected chi connectivity index (χ1v) is 10.3. The molecule has 0 spiro atoms. The minimum atomic E-state index is 0.0807. The molecule has 28 heavy (non-hydrogen) atoms. The summed E-state index contributed by atoms with van der Waals surface area (Å²) in [7, 11) is 1.60. The number of carbonyl (C=O) groups is 1. The van der Waals surface area contributed by atoms with Crippen LogP contribution in [0.4, 0.5) is 0 Å². The lowest BCUT2D eigenvalue weighted by molar-refractivity contribution is -0.126. The number of nitrogens with zero attached hydrogens (tertiary/aromatic N) is 1. The molecule has 1 amide bonds. The number of amides is 1. The van der Waals surface area contributed by atoms with Crippen LogP contribution in [-0.4, -0.2) is 42.7 Å². The fourth-order valence-corrected chi connectivity index (χ4v) is 3.60. The van der Waals surface area contributed by atoms with Gasteiger partial charge in [0.1, 0.15) is 11.5 Å². The Kier molecular flexibility index (Phi) is 7.01. The lowest BCUT2D eigenvalue weighted by Crippen LogP contribution is -2.47. The molecule has 2 aliphatic rings. The molecule has 2 aliphatic carbocycles. The highest BCUT2D eigenvalue weighted by Crippen LogP contribution is 2.27. The molecule has 0 heterocycles. The number of methoxy groups -OCH3 is 1. The van der Waals surface area contributed by atoms with Crippen LogP contribution in [0.2, 0.25) is 0 Å². The van der Waals surface area contributed by atoms with E-state index in [4.69, 9.17) is 4.74 Å². The average Bonchev–Trinajstić information content (AvgIpc) is 3.51. The maximum Gasteiger partial charge on any atom is 0.223 e. The van der Waals surface area contributed by atoms with Crippen LogP contribution in [0.1, 0.15) is 51.0 Å². The third-order valence-corrected chi connectivity index (χ3v) is 5.35. The molecule has 0 saturated heterocycles. The van der Waals surface area contributed by atoms with Crippen LogP contribution >= 0.6 is 0 Å². The van der Waals surface area contributed by atoms with E-state index in [0.717, 1.165) is 45.1 Å². The Morgan fingerprint density at radius 2 is 2.04 bits per heavy atom. The number of ether oxygens (including phenoxy) is 1. The Labute approximate surface area is 167 Å². The van der Waals surface area contributed by atoms with Gasteiger partial charge in [-0.1, -0.05) is 6.42 Å². The van der Waals surface area contributed by atoms with Crippen LogP contribution in [0, 0.1) is 5.92 Å². The zero-order valence-corrected chi connectivity index (χ0v) is 16.8. The summed E-state index contributed by atoms with van der Waals surface area (Å²) in [4.78, 5) is 17.0. The van der Waals surface area contributed by atoms with Gasteiger partial charge >= 0.3 is 0 Å². The van der Waals surface area contributed by atoms with Crippen molar-refractivity contribution >= 4 is 11.9 Å². The minimum absolute atomic E-state index is 0.0807. The van der Waals surface area contributed by atoms with Gasteiger partial charge < -0.3 is 25.8 Å². The number of aromatic hydroxyl groups is 1. The third kappa shape index (κ3) is 5.78. The number of hydrogen-bond acceptors (Lipinski definition) is 4. The van der Waals surface area contributed by atoms with Gasteiger partial charge in [-0.3, -0.25) is 4.79 Å². The van der Waals surface area contributed by atoms with Gasteiger partial charge in [0.25, 0.3) is 0 Å². The molecule has 0 radical (unpaired) electrons. The molecule has 154 valence electrons. The van der Waals surface area contributed by atoms with Crippen LogP contribution in [0.25, 0.3) is 0 Å². The molecule has 7 nitrogen and oxygen atoms in total. The number of aliphatic imine (C=N–C) groups is 1. The zero-order chi connectivity index (χ0) is 19.9. The predicted octanol–water partition coefficient (Wildman–Crippen LogP) is 2.29. The fourth-order valence-electron chi connectivity index (χ4n) is 3.60. The van der Waals surface area contributed by atoms with Crippen LogP contribution < -0.4 is 20.7 Å². The Hall–Kier alpha value is -2.44. The van der Waals surface area contributed by atoms with Gasteiger partial charge in [-0.05, 0) is 57.2 Å². The van der Waals surface area contributed by atoms with E-state index in [-0.39, 0.29) is 23.6 Å². The number of guanidine groups is 1. The summed E-state index contributed by atoms with van der Waals surface area (Å²) < 4.78 is 5.22. The van der Waals surface area contributed by atoms with Crippen LogP contribution in [0.15, 0.2) is 23.2 Å². The van der Waals surface area contributed by atoms with Gasteiger partial charge in [-0.15, -0.1) is 0 Å². The number of carbonyl (C=O) groups excluding carboxylic acids is 1. The number of benzene rings is 1. The van der Waals surface area contributed by atoms with E-state index in [1.165, 1.54) is 0 Å². The molecule has 4 N–H and O–H groups in total. The van der Waals surface area contributed by atoms with Crippen LogP contribution in [-0.2, 0) is 11.3 Å². The van der Waals surface area contributed by atoms with Gasteiger partial charge in [0.2, 0.25) is 5.91 Å². The van der Waals surface area contributed by atoms with Crippen LogP contribution in [0.3, 0.4) is 0 Å². The largest absolute Gasteiger partial charge is 0.508 e. The molecule has 2 atom stereocenters. The van der Waals surface area contributed by atoms with Gasteiger partial charge in [0.15, 0.2) is 5.96 Å². The Morgan fingerprint density at radius 1 is 1.21 bits per heavy atom. The van der Waals surface area contributed by atoms with Crippen molar-refractivity contribution in [2.24, 2.45) is 10.9 Å². The topological polar surface area (TPSA) is 95.0 Å². The molecule has 2 unspecified atom stereocenters. The maximum atomic E-state index is 12.4. The van der Waals surface area contributed by atoms with Gasteiger partial charge in [-0.25, -0.2) is 4.99 Å². The van der Waals surface area contributed by atoms with Gasteiger partial charge in [0.05, 0.1) is 13.7 Å². The number of nitrogens with one attached hydrogen (secondary N) is 3. The summed E-state index contributed by atoms with van der Waals surface area (Å²) in [6.45, 7) is 3.11. The van der Waals surface area contributed by atoms with E-state index in [1.54, 1.807) is 25.3 Å². The van der Waals surface area contributed by atoms with Crippen molar-refractivity contribution in [3.63, 3.8) is 0 Å². The van der Waals surface area contributed by atoms with Crippen LogP contribution in [0.5, 0.6) is 11.5 Å². The summed E-state index contributed by atoms with van der Waals surface area (Å²) in [5.74, 6) is 1.89. The Morgan fingerprint density at radius 3 is 2.75 bits per heavy atom. The van der Waals surface area contributed by atoms with E-state index in [0.29, 0.717) is 29.9 Å². The summed E-state index contributed by atoms with van der Waals surface area (Å²) in [6, 6.07) is 5.77. The summed E-state index contributed by atoms with van der Waals surface area (Å²) >= 11 is 0. The normalized spacial score (nSPS) is 22.4. The first kappa shape index (κ1) is 20.3. The lowest BCUT2D eigenvalue weighted by Gasteiger charge is -2.30. The van der Waals surface area contributed by atoms with Gasteiger partial charge in [0, 0.05) is 30.1 Å². The molecule has 0 bridgehead atoms. The smallest absolute Gasteiger partial charge is 0.223 e. The van der Waals surface area contributed by atoms with Crippen molar-refractivity contribution in [3.05, 3.63) is 23.8 Å². The van der Waals surface area contributed by atoms with Crippen molar-refractivity contribution in [3.8, 4) is 11.5 Å². The quantitative estimate of drug-likeness (QED) is 0.425. The lowest BCUT2D eigenvalue weighted by atomic mass is 9.85. The molecule has 0 aliphatic heterocycles. The van der Waals surface area contributed by atoms with E-state index in [2.05, 4.69) is 20.9 Å². The highest BCUT2D eigenvalue weighted by atomic mass is 16.5. The SMILES string of the molecule is CCNC(=NCc1cc(OC)ccc1O)NC1CCCC(C(=O)NC2CC2)C1. The second-order valence-corrected chi connectivity index (χ2v) is 7.68.